The van der Waals surface area contributed by atoms with Crippen molar-refractivity contribution in [3.8, 4) is 11.5 Å². The van der Waals surface area contributed by atoms with E-state index in [1.807, 2.05) is 37.3 Å². The van der Waals surface area contributed by atoms with Gasteiger partial charge in [-0.2, -0.15) is 0 Å². The van der Waals surface area contributed by atoms with E-state index < -0.39 is 0 Å². The Labute approximate surface area is 137 Å². The van der Waals surface area contributed by atoms with Gasteiger partial charge in [0.15, 0.2) is 0 Å². The predicted octanol–water partition coefficient (Wildman–Crippen LogP) is 4.02. The van der Waals surface area contributed by atoms with Gasteiger partial charge in [0.2, 0.25) is 0 Å². The molecule has 0 spiro atoms. The van der Waals surface area contributed by atoms with E-state index in [2.05, 4.69) is 0 Å². The molecule has 2 rings (SSSR count). The zero-order valence-electron chi connectivity index (χ0n) is 13.6. The van der Waals surface area contributed by atoms with Crippen LogP contribution in [0.25, 0.3) is 0 Å². The lowest BCUT2D eigenvalue weighted by molar-refractivity contribution is 0.0526. The summed E-state index contributed by atoms with van der Waals surface area (Å²) in [5, 5.41) is 0. The van der Waals surface area contributed by atoms with Crippen molar-refractivity contribution in [3.05, 3.63) is 59.7 Å². The largest absolute Gasteiger partial charge is 0.493 e. The molecule has 0 atom stereocenters. The lowest BCUT2D eigenvalue weighted by Crippen LogP contribution is -2.07. The van der Waals surface area contributed by atoms with E-state index in [-0.39, 0.29) is 5.97 Å². The predicted molar refractivity (Wildman–Crippen MR) is 89.2 cm³/mol. The summed E-state index contributed by atoms with van der Waals surface area (Å²) >= 11 is 0. The minimum Gasteiger partial charge on any atom is -0.493 e. The van der Waals surface area contributed by atoms with Crippen molar-refractivity contribution < 1.29 is 19.0 Å². The topological polar surface area (TPSA) is 44.8 Å². The van der Waals surface area contributed by atoms with Crippen molar-refractivity contribution in [3.63, 3.8) is 0 Å². The van der Waals surface area contributed by atoms with Crippen LogP contribution in [0.3, 0.4) is 0 Å². The van der Waals surface area contributed by atoms with Gasteiger partial charge in [0.1, 0.15) is 11.5 Å². The van der Waals surface area contributed by atoms with E-state index in [0.717, 1.165) is 12.2 Å². The molecular formula is C19H22O4. The molecule has 0 aliphatic rings. The highest BCUT2D eigenvalue weighted by Gasteiger charge is 2.07. The van der Waals surface area contributed by atoms with Crippen LogP contribution in [0.5, 0.6) is 11.5 Å². The van der Waals surface area contributed by atoms with E-state index >= 15 is 0 Å². The Morgan fingerprint density at radius 1 is 0.957 bits per heavy atom. The molecule has 0 aromatic heterocycles. The SMILES string of the molecule is CCOC(=O)c1cccc(OCCCOc2ccc(C)cc2)c1. The summed E-state index contributed by atoms with van der Waals surface area (Å²) in [7, 11) is 0. The fraction of sp³-hybridized carbons (Fsp3) is 0.316. The molecule has 4 nitrogen and oxygen atoms in total. The molecule has 0 amide bonds. The molecule has 0 fully saturated rings. The lowest BCUT2D eigenvalue weighted by atomic mass is 10.2. The van der Waals surface area contributed by atoms with Gasteiger partial charge in [0.05, 0.1) is 25.4 Å². The number of hydrogen-bond acceptors (Lipinski definition) is 4. The first-order valence-electron chi connectivity index (χ1n) is 7.78. The molecule has 2 aromatic rings. The Morgan fingerprint density at radius 3 is 2.35 bits per heavy atom. The molecule has 0 unspecified atom stereocenters. The van der Waals surface area contributed by atoms with Crippen LogP contribution in [0.15, 0.2) is 48.5 Å². The van der Waals surface area contributed by atoms with Gasteiger partial charge in [-0.1, -0.05) is 23.8 Å². The van der Waals surface area contributed by atoms with Crippen LogP contribution in [0.1, 0.15) is 29.3 Å². The second-order valence-electron chi connectivity index (χ2n) is 5.11. The summed E-state index contributed by atoms with van der Waals surface area (Å²) in [5.41, 5.74) is 1.71. The quantitative estimate of drug-likeness (QED) is 0.545. The molecule has 0 N–H and O–H groups in total. The Morgan fingerprint density at radius 2 is 1.65 bits per heavy atom. The third-order valence-corrected chi connectivity index (χ3v) is 3.19. The third kappa shape index (κ3) is 5.66. The zero-order valence-corrected chi connectivity index (χ0v) is 13.6. The number of ether oxygens (including phenoxy) is 3. The van der Waals surface area contributed by atoms with Crippen LogP contribution in [-0.4, -0.2) is 25.8 Å². The van der Waals surface area contributed by atoms with Crippen molar-refractivity contribution in [2.24, 2.45) is 0 Å². The van der Waals surface area contributed by atoms with Crippen LogP contribution < -0.4 is 9.47 Å². The summed E-state index contributed by atoms with van der Waals surface area (Å²) in [5.74, 6) is 1.19. The van der Waals surface area contributed by atoms with Crippen LogP contribution in [0, 0.1) is 6.92 Å². The first kappa shape index (κ1) is 16.9. The Bertz CT molecular complexity index is 620. The van der Waals surface area contributed by atoms with Crippen molar-refractivity contribution in [2.45, 2.75) is 20.3 Å². The summed E-state index contributed by atoms with van der Waals surface area (Å²) in [6, 6.07) is 15.0. The molecule has 0 aliphatic heterocycles. The van der Waals surface area contributed by atoms with E-state index in [0.29, 0.717) is 31.1 Å². The smallest absolute Gasteiger partial charge is 0.338 e. The number of carbonyl (C=O) groups is 1. The highest BCUT2D eigenvalue weighted by molar-refractivity contribution is 5.89. The minimum absolute atomic E-state index is 0.333. The number of hydrogen-bond donors (Lipinski definition) is 0. The van der Waals surface area contributed by atoms with Gasteiger partial charge >= 0.3 is 5.97 Å². The molecule has 0 aliphatic carbocycles. The van der Waals surface area contributed by atoms with Crippen molar-refractivity contribution >= 4 is 5.97 Å². The van der Waals surface area contributed by atoms with Crippen molar-refractivity contribution in [2.75, 3.05) is 19.8 Å². The van der Waals surface area contributed by atoms with E-state index in [1.165, 1.54) is 5.56 Å². The molecular weight excluding hydrogens is 292 g/mol. The molecule has 0 saturated carbocycles. The third-order valence-electron chi connectivity index (χ3n) is 3.19. The minimum atomic E-state index is -0.333. The fourth-order valence-electron chi connectivity index (χ4n) is 2.00. The summed E-state index contributed by atoms with van der Waals surface area (Å²) < 4.78 is 16.3. The van der Waals surface area contributed by atoms with Gasteiger partial charge in [-0.15, -0.1) is 0 Å². The Kier molecular flexibility index (Phi) is 6.48. The van der Waals surface area contributed by atoms with Crippen LogP contribution in [0.2, 0.25) is 0 Å². The molecule has 0 radical (unpaired) electrons. The van der Waals surface area contributed by atoms with Crippen LogP contribution in [0.4, 0.5) is 0 Å². The zero-order chi connectivity index (χ0) is 16.5. The molecule has 0 bridgehead atoms. The van der Waals surface area contributed by atoms with Crippen LogP contribution in [-0.2, 0) is 4.74 Å². The molecule has 0 heterocycles. The van der Waals surface area contributed by atoms with Gasteiger partial charge in [0.25, 0.3) is 0 Å². The van der Waals surface area contributed by atoms with E-state index in [1.54, 1.807) is 25.1 Å². The summed E-state index contributed by atoms with van der Waals surface area (Å²) in [6.07, 6.45) is 0.761. The molecule has 4 heteroatoms. The van der Waals surface area contributed by atoms with Crippen molar-refractivity contribution in [1.29, 1.82) is 0 Å². The molecule has 23 heavy (non-hydrogen) atoms. The normalized spacial score (nSPS) is 10.2. The maximum atomic E-state index is 11.7. The number of benzene rings is 2. The average molecular weight is 314 g/mol. The Balaban J connectivity index is 1.72. The highest BCUT2D eigenvalue weighted by Crippen LogP contribution is 2.15. The maximum Gasteiger partial charge on any atom is 0.338 e. The van der Waals surface area contributed by atoms with Gasteiger partial charge in [0, 0.05) is 6.42 Å². The first-order chi connectivity index (χ1) is 11.2. The number of carbonyl (C=O) groups excluding carboxylic acids is 1. The standard InChI is InChI=1S/C19H22O4/c1-3-21-19(20)16-6-4-7-18(14-16)23-13-5-12-22-17-10-8-15(2)9-11-17/h4,6-11,14H,3,5,12-13H2,1-2H3. The lowest BCUT2D eigenvalue weighted by Gasteiger charge is -2.09. The second kappa shape index (κ2) is 8.83. The molecule has 0 saturated heterocycles. The summed E-state index contributed by atoms with van der Waals surface area (Å²) in [6.45, 7) is 5.30. The van der Waals surface area contributed by atoms with Gasteiger partial charge in [-0.05, 0) is 44.2 Å². The van der Waals surface area contributed by atoms with Crippen LogP contribution >= 0.6 is 0 Å². The highest BCUT2D eigenvalue weighted by atomic mass is 16.5. The fourth-order valence-corrected chi connectivity index (χ4v) is 2.00. The van der Waals surface area contributed by atoms with Gasteiger partial charge in [-0.3, -0.25) is 0 Å². The maximum absolute atomic E-state index is 11.7. The number of esters is 1. The van der Waals surface area contributed by atoms with E-state index in [9.17, 15) is 4.79 Å². The van der Waals surface area contributed by atoms with E-state index in [4.69, 9.17) is 14.2 Å². The average Bonchev–Trinajstić information content (AvgIpc) is 2.57. The van der Waals surface area contributed by atoms with Gasteiger partial charge < -0.3 is 14.2 Å². The number of rotatable bonds is 8. The van der Waals surface area contributed by atoms with Gasteiger partial charge in [-0.25, -0.2) is 4.79 Å². The first-order valence-corrected chi connectivity index (χ1v) is 7.78. The monoisotopic (exact) mass is 314 g/mol. The molecule has 122 valence electrons. The second-order valence-corrected chi connectivity index (χ2v) is 5.11. The molecule has 2 aromatic carbocycles. The van der Waals surface area contributed by atoms with Crippen molar-refractivity contribution in [1.82, 2.24) is 0 Å². The Hall–Kier alpha value is -2.49. The summed E-state index contributed by atoms with van der Waals surface area (Å²) in [4.78, 5) is 11.7. The number of aryl methyl sites for hydroxylation is 1.